The second-order valence-corrected chi connectivity index (χ2v) is 7.76. The molecule has 1 aromatic rings. The highest BCUT2D eigenvalue weighted by Gasteiger charge is 2.45. The Balaban J connectivity index is 2.16. The second-order valence-electron chi connectivity index (χ2n) is 6.30. The van der Waals surface area contributed by atoms with Gasteiger partial charge in [0.15, 0.2) is 0 Å². The molecule has 8 heteroatoms. The summed E-state index contributed by atoms with van der Waals surface area (Å²) in [5.74, 6) is -2.31. The second kappa shape index (κ2) is 7.68. The molecule has 0 aromatic heterocycles. The van der Waals surface area contributed by atoms with E-state index in [9.17, 15) is 22.8 Å². The van der Waals surface area contributed by atoms with Gasteiger partial charge in [0, 0.05) is 4.90 Å². The van der Waals surface area contributed by atoms with Gasteiger partial charge < -0.3 is 10.4 Å². The third-order valence-corrected chi connectivity index (χ3v) is 5.69. The van der Waals surface area contributed by atoms with Gasteiger partial charge in [0.2, 0.25) is 5.91 Å². The zero-order valence-corrected chi connectivity index (χ0v) is 14.5. The highest BCUT2D eigenvalue weighted by atomic mass is 32.2. The largest absolute Gasteiger partial charge is 0.480 e. The summed E-state index contributed by atoms with van der Waals surface area (Å²) in [6.45, 7) is 1.93. The normalized spacial score (nSPS) is 17.9. The standard InChI is InChI=1S/C17H20F3NO3S/c1-11-4-6-12(7-5-11)25-16(8-2-3-9-16)15(24)21-13(14(22)23)10-17(18,19)20/h4-7,13H,2-3,8-10H2,1H3,(H,21,24)(H,22,23). The molecule has 1 saturated carbocycles. The van der Waals surface area contributed by atoms with E-state index in [1.807, 2.05) is 31.2 Å². The number of benzene rings is 1. The zero-order chi connectivity index (χ0) is 18.7. The molecule has 1 amide bonds. The SMILES string of the molecule is Cc1ccc(SC2(C(=O)NC(CC(F)(F)F)C(=O)O)CCCC2)cc1. The minimum Gasteiger partial charge on any atom is -0.480 e. The van der Waals surface area contributed by atoms with Crippen molar-refractivity contribution >= 4 is 23.6 Å². The summed E-state index contributed by atoms with van der Waals surface area (Å²) in [7, 11) is 0. The topological polar surface area (TPSA) is 66.4 Å². The van der Waals surface area contributed by atoms with Crippen LogP contribution in [0.3, 0.4) is 0 Å². The Bertz CT molecular complexity index is 625. The molecule has 0 aliphatic heterocycles. The van der Waals surface area contributed by atoms with Gasteiger partial charge >= 0.3 is 12.1 Å². The predicted molar refractivity (Wildman–Crippen MR) is 88.5 cm³/mol. The number of carbonyl (C=O) groups excluding carboxylic acids is 1. The van der Waals surface area contributed by atoms with Crippen molar-refractivity contribution < 1.29 is 27.9 Å². The van der Waals surface area contributed by atoms with Crippen LogP contribution in [-0.2, 0) is 9.59 Å². The van der Waals surface area contributed by atoms with E-state index in [1.165, 1.54) is 11.8 Å². The number of aliphatic carboxylic acids is 1. The van der Waals surface area contributed by atoms with E-state index in [0.29, 0.717) is 12.8 Å². The average molecular weight is 375 g/mol. The fourth-order valence-corrected chi connectivity index (χ4v) is 4.24. The summed E-state index contributed by atoms with van der Waals surface area (Å²) in [4.78, 5) is 24.6. The number of hydrogen-bond acceptors (Lipinski definition) is 3. The van der Waals surface area contributed by atoms with Gasteiger partial charge in [-0.1, -0.05) is 30.5 Å². The molecule has 25 heavy (non-hydrogen) atoms. The van der Waals surface area contributed by atoms with Crippen molar-refractivity contribution in [3.63, 3.8) is 0 Å². The van der Waals surface area contributed by atoms with E-state index in [1.54, 1.807) is 0 Å². The Morgan fingerprint density at radius 1 is 1.24 bits per heavy atom. The number of aryl methyl sites for hydroxylation is 1. The minimum atomic E-state index is -4.66. The van der Waals surface area contributed by atoms with Crippen LogP contribution in [0.1, 0.15) is 37.7 Å². The van der Waals surface area contributed by atoms with Gasteiger partial charge in [0.1, 0.15) is 6.04 Å². The predicted octanol–water partition coefficient (Wildman–Crippen LogP) is 3.92. The van der Waals surface area contributed by atoms with Crippen molar-refractivity contribution in [2.45, 2.75) is 60.9 Å². The van der Waals surface area contributed by atoms with E-state index in [-0.39, 0.29) is 0 Å². The molecule has 2 rings (SSSR count). The Morgan fingerprint density at radius 3 is 2.28 bits per heavy atom. The molecule has 1 aliphatic rings. The van der Waals surface area contributed by atoms with E-state index >= 15 is 0 Å². The van der Waals surface area contributed by atoms with Crippen molar-refractivity contribution in [3.05, 3.63) is 29.8 Å². The van der Waals surface area contributed by atoms with Crippen LogP contribution in [0.2, 0.25) is 0 Å². The first-order chi connectivity index (χ1) is 11.6. The Labute approximate surface area is 148 Å². The Kier molecular flexibility index (Phi) is 6.03. The summed E-state index contributed by atoms with van der Waals surface area (Å²) < 4.78 is 36.7. The summed E-state index contributed by atoms with van der Waals surface area (Å²) in [6.07, 6.45) is -3.67. The summed E-state index contributed by atoms with van der Waals surface area (Å²) >= 11 is 1.30. The molecular formula is C17H20F3NO3S. The number of nitrogens with one attached hydrogen (secondary N) is 1. The molecular weight excluding hydrogens is 355 g/mol. The molecule has 0 radical (unpaired) electrons. The van der Waals surface area contributed by atoms with E-state index in [2.05, 4.69) is 5.32 Å². The van der Waals surface area contributed by atoms with Crippen molar-refractivity contribution in [1.82, 2.24) is 5.32 Å². The van der Waals surface area contributed by atoms with Crippen LogP contribution >= 0.6 is 11.8 Å². The van der Waals surface area contributed by atoms with E-state index in [0.717, 1.165) is 23.3 Å². The number of carbonyl (C=O) groups is 2. The van der Waals surface area contributed by atoms with Gasteiger partial charge in [-0.3, -0.25) is 4.79 Å². The number of rotatable bonds is 6. The van der Waals surface area contributed by atoms with Crippen molar-refractivity contribution in [2.75, 3.05) is 0 Å². The van der Waals surface area contributed by atoms with Gasteiger partial charge in [0.05, 0.1) is 11.2 Å². The van der Waals surface area contributed by atoms with Crippen molar-refractivity contribution in [2.24, 2.45) is 0 Å². The highest BCUT2D eigenvalue weighted by Crippen LogP contribution is 2.45. The minimum absolute atomic E-state index is 0.510. The highest BCUT2D eigenvalue weighted by molar-refractivity contribution is 8.01. The first-order valence-corrected chi connectivity index (χ1v) is 8.79. The van der Waals surface area contributed by atoms with Gasteiger partial charge in [-0.15, -0.1) is 11.8 Å². The molecule has 0 saturated heterocycles. The fraction of sp³-hybridized carbons (Fsp3) is 0.529. The number of carboxylic acid groups (broad SMARTS) is 1. The molecule has 1 unspecified atom stereocenters. The summed E-state index contributed by atoms with van der Waals surface area (Å²) in [6, 6.07) is 5.54. The maximum Gasteiger partial charge on any atom is 0.391 e. The molecule has 2 N–H and O–H groups in total. The maximum absolute atomic E-state index is 12.7. The van der Waals surface area contributed by atoms with Gasteiger partial charge in [0.25, 0.3) is 0 Å². The molecule has 1 fully saturated rings. The third kappa shape index (κ3) is 5.39. The van der Waals surface area contributed by atoms with Crippen LogP contribution in [-0.4, -0.2) is 33.9 Å². The smallest absolute Gasteiger partial charge is 0.391 e. The number of thioether (sulfide) groups is 1. The van der Waals surface area contributed by atoms with Gasteiger partial charge in [-0.25, -0.2) is 4.79 Å². The number of halogens is 3. The number of hydrogen-bond donors (Lipinski definition) is 2. The average Bonchev–Trinajstić information content (AvgIpc) is 2.97. The molecule has 138 valence electrons. The van der Waals surface area contributed by atoms with Crippen LogP contribution in [0.25, 0.3) is 0 Å². The maximum atomic E-state index is 12.7. The number of alkyl halides is 3. The van der Waals surface area contributed by atoms with Gasteiger partial charge in [-0.2, -0.15) is 13.2 Å². The lowest BCUT2D eigenvalue weighted by Crippen LogP contribution is -2.51. The first-order valence-electron chi connectivity index (χ1n) is 7.97. The first kappa shape index (κ1) is 19.6. The summed E-state index contributed by atoms with van der Waals surface area (Å²) in [5, 5.41) is 11.1. The van der Waals surface area contributed by atoms with Crippen LogP contribution in [0.4, 0.5) is 13.2 Å². The molecule has 1 aromatic carbocycles. The van der Waals surface area contributed by atoms with Crippen LogP contribution < -0.4 is 5.32 Å². The number of amides is 1. The fourth-order valence-electron chi connectivity index (χ4n) is 2.87. The molecule has 0 heterocycles. The van der Waals surface area contributed by atoms with Crippen LogP contribution in [0.15, 0.2) is 29.2 Å². The monoisotopic (exact) mass is 375 g/mol. The molecule has 1 aliphatic carbocycles. The molecule has 0 spiro atoms. The Hall–Kier alpha value is -1.70. The lowest BCUT2D eigenvalue weighted by Gasteiger charge is -2.29. The van der Waals surface area contributed by atoms with Crippen LogP contribution in [0.5, 0.6) is 0 Å². The lowest BCUT2D eigenvalue weighted by atomic mass is 10.0. The molecule has 1 atom stereocenters. The lowest BCUT2D eigenvalue weighted by molar-refractivity contribution is -0.160. The van der Waals surface area contributed by atoms with E-state index in [4.69, 9.17) is 5.11 Å². The molecule has 4 nitrogen and oxygen atoms in total. The van der Waals surface area contributed by atoms with Crippen molar-refractivity contribution in [3.8, 4) is 0 Å². The van der Waals surface area contributed by atoms with Crippen LogP contribution in [0, 0.1) is 6.92 Å². The quantitative estimate of drug-likeness (QED) is 0.791. The van der Waals surface area contributed by atoms with E-state index < -0.39 is 35.3 Å². The third-order valence-electron chi connectivity index (χ3n) is 4.20. The van der Waals surface area contributed by atoms with Crippen molar-refractivity contribution in [1.29, 1.82) is 0 Å². The summed E-state index contributed by atoms with van der Waals surface area (Å²) in [5.41, 5.74) is 1.06. The zero-order valence-electron chi connectivity index (χ0n) is 13.7. The Morgan fingerprint density at radius 2 is 1.80 bits per heavy atom. The molecule has 0 bridgehead atoms. The van der Waals surface area contributed by atoms with Gasteiger partial charge in [-0.05, 0) is 31.9 Å². The number of carboxylic acids is 1.